The molecule has 0 saturated heterocycles. The molecule has 0 radical (unpaired) electrons. The van der Waals surface area contributed by atoms with Crippen molar-refractivity contribution < 1.29 is 9.50 Å². The van der Waals surface area contributed by atoms with Crippen molar-refractivity contribution in [3.8, 4) is 0 Å². The third-order valence-corrected chi connectivity index (χ3v) is 4.18. The molecule has 0 bridgehead atoms. The zero-order valence-electron chi connectivity index (χ0n) is 12.0. The quantitative estimate of drug-likeness (QED) is 0.803. The number of hydrogen-bond donors (Lipinski definition) is 2. The molecular formula is C14H18FN3O2S. The van der Waals surface area contributed by atoms with Gasteiger partial charge in [0.25, 0.3) is 0 Å². The Labute approximate surface area is 126 Å². The molecule has 0 aliphatic carbocycles. The summed E-state index contributed by atoms with van der Waals surface area (Å²) in [6.07, 6.45) is 0.0876. The average molecular weight is 311 g/mol. The first kappa shape index (κ1) is 15.8. The maximum Gasteiger partial charge on any atom is 0.343 e. The van der Waals surface area contributed by atoms with Gasteiger partial charge in [-0.3, -0.25) is 4.57 Å². The van der Waals surface area contributed by atoms with Crippen LogP contribution in [0, 0.1) is 12.7 Å². The molecule has 0 fully saturated rings. The first-order valence-corrected chi connectivity index (χ1v) is 7.73. The average Bonchev–Trinajstić information content (AvgIpc) is 2.78. The first-order valence-electron chi connectivity index (χ1n) is 6.75. The normalized spacial score (nSPS) is 12.6. The highest BCUT2D eigenvalue weighted by atomic mass is 32.2. The number of aromatic amines is 1. The van der Waals surface area contributed by atoms with E-state index in [1.807, 2.05) is 6.92 Å². The number of benzene rings is 1. The lowest BCUT2D eigenvalue weighted by atomic mass is 10.0. The third kappa shape index (κ3) is 3.74. The SMILES string of the molecule is CCCn1c(SCC(O)c2ccc(F)cc2C)n[nH]c1=O. The van der Waals surface area contributed by atoms with Gasteiger partial charge in [0.2, 0.25) is 0 Å². The van der Waals surface area contributed by atoms with Crippen LogP contribution in [0.15, 0.2) is 28.2 Å². The van der Waals surface area contributed by atoms with Crippen LogP contribution in [0.1, 0.15) is 30.6 Å². The van der Waals surface area contributed by atoms with Crippen molar-refractivity contribution >= 4 is 11.8 Å². The van der Waals surface area contributed by atoms with Crippen LogP contribution >= 0.6 is 11.8 Å². The minimum atomic E-state index is -0.738. The predicted molar refractivity (Wildman–Crippen MR) is 80.0 cm³/mol. The van der Waals surface area contributed by atoms with Gasteiger partial charge in [-0.1, -0.05) is 24.8 Å². The topological polar surface area (TPSA) is 70.9 Å². The van der Waals surface area contributed by atoms with Crippen molar-refractivity contribution in [3.05, 3.63) is 45.6 Å². The van der Waals surface area contributed by atoms with E-state index in [0.29, 0.717) is 28.6 Å². The molecular weight excluding hydrogens is 293 g/mol. The first-order chi connectivity index (χ1) is 10.0. The fourth-order valence-electron chi connectivity index (χ4n) is 2.09. The van der Waals surface area contributed by atoms with Crippen molar-refractivity contribution in [2.45, 2.75) is 38.1 Å². The Morgan fingerprint density at radius 2 is 2.29 bits per heavy atom. The summed E-state index contributed by atoms with van der Waals surface area (Å²) in [5.74, 6) is 0.0284. The van der Waals surface area contributed by atoms with Crippen LogP contribution in [0.5, 0.6) is 0 Å². The number of hydrogen-bond acceptors (Lipinski definition) is 4. The summed E-state index contributed by atoms with van der Waals surface area (Å²) in [7, 11) is 0. The number of nitrogens with zero attached hydrogens (tertiary/aromatic N) is 2. The summed E-state index contributed by atoms with van der Waals surface area (Å²) in [4.78, 5) is 11.6. The number of thioether (sulfide) groups is 1. The summed E-state index contributed by atoms with van der Waals surface area (Å²) < 4.78 is 14.6. The molecule has 1 atom stereocenters. The lowest BCUT2D eigenvalue weighted by Crippen LogP contribution is -2.17. The van der Waals surface area contributed by atoms with E-state index in [2.05, 4.69) is 10.2 Å². The summed E-state index contributed by atoms with van der Waals surface area (Å²) in [6.45, 7) is 4.32. The van der Waals surface area contributed by atoms with Gasteiger partial charge in [-0.2, -0.15) is 0 Å². The number of aliphatic hydroxyl groups excluding tert-OH is 1. The smallest absolute Gasteiger partial charge is 0.343 e. The predicted octanol–water partition coefficient (Wildman–Crippen LogP) is 2.25. The third-order valence-electron chi connectivity index (χ3n) is 3.13. The van der Waals surface area contributed by atoms with E-state index in [1.54, 1.807) is 17.6 Å². The van der Waals surface area contributed by atoms with Crippen molar-refractivity contribution in [1.29, 1.82) is 0 Å². The Bertz CT molecular complexity index is 668. The molecule has 21 heavy (non-hydrogen) atoms. The number of aliphatic hydroxyl groups is 1. The zero-order valence-corrected chi connectivity index (χ0v) is 12.8. The Morgan fingerprint density at radius 1 is 1.52 bits per heavy atom. The van der Waals surface area contributed by atoms with E-state index in [-0.39, 0.29) is 11.5 Å². The van der Waals surface area contributed by atoms with Gasteiger partial charge in [-0.15, -0.1) is 5.10 Å². The summed E-state index contributed by atoms with van der Waals surface area (Å²) >= 11 is 1.30. The summed E-state index contributed by atoms with van der Waals surface area (Å²) in [6, 6.07) is 4.31. The van der Waals surface area contributed by atoms with Gasteiger partial charge in [0, 0.05) is 12.3 Å². The fourth-order valence-corrected chi connectivity index (χ4v) is 3.02. The molecule has 2 aromatic rings. The van der Waals surface area contributed by atoms with Crippen molar-refractivity contribution in [3.63, 3.8) is 0 Å². The van der Waals surface area contributed by atoms with Crippen LogP contribution in [0.3, 0.4) is 0 Å². The lowest BCUT2D eigenvalue weighted by Gasteiger charge is -2.13. The fraction of sp³-hybridized carbons (Fsp3) is 0.429. The molecule has 1 unspecified atom stereocenters. The largest absolute Gasteiger partial charge is 0.388 e. The van der Waals surface area contributed by atoms with Gasteiger partial charge in [0.1, 0.15) is 5.82 Å². The Balaban J connectivity index is 2.07. The van der Waals surface area contributed by atoms with E-state index in [4.69, 9.17) is 0 Å². The molecule has 0 aliphatic heterocycles. The Hall–Kier alpha value is -1.60. The number of halogens is 1. The lowest BCUT2D eigenvalue weighted by molar-refractivity contribution is 0.203. The molecule has 0 saturated carbocycles. The number of aryl methyl sites for hydroxylation is 1. The molecule has 1 heterocycles. The number of aromatic nitrogens is 3. The molecule has 2 rings (SSSR count). The monoisotopic (exact) mass is 311 g/mol. The minimum Gasteiger partial charge on any atom is -0.388 e. The maximum atomic E-state index is 13.1. The highest BCUT2D eigenvalue weighted by Crippen LogP contribution is 2.25. The molecule has 0 spiro atoms. The summed E-state index contributed by atoms with van der Waals surface area (Å²) in [5.41, 5.74) is 1.15. The zero-order chi connectivity index (χ0) is 15.4. The van der Waals surface area contributed by atoms with Gasteiger partial charge >= 0.3 is 5.69 Å². The molecule has 2 N–H and O–H groups in total. The molecule has 0 amide bonds. The van der Waals surface area contributed by atoms with Gasteiger partial charge in [0.15, 0.2) is 5.16 Å². The van der Waals surface area contributed by atoms with E-state index in [1.165, 1.54) is 23.9 Å². The number of nitrogens with one attached hydrogen (secondary N) is 1. The maximum absolute atomic E-state index is 13.1. The highest BCUT2D eigenvalue weighted by Gasteiger charge is 2.14. The molecule has 1 aromatic carbocycles. The molecule has 1 aromatic heterocycles. The van der Waals surface area contributed by atoms with Crippen molar-refractivity contribution in [1.82, 2.24) is 14.8 Å². The van der Waals surface area contributed by atoms with Crippen LogP contribution in [0.4, 0.5) is 4.39 Å². The van der Waals surface area contributed by atoms with E-state index >= 15 is 0 Å². The molecule has 114 valence electrons. The van der Waals surface area contributed by atoms with Crippen LogP contribution < -0.4 is 5.69 Å². The molecule has 5 nitrogen and oxygen atoms in total. The number of H-pyrrole nitrogens is 1. The van der Waals surface area contributed by atoms with E-state index < -0.39 is 6.10 Å². The van der Waals surface area contributed by atoms with Crippen LogP contribution in [0.25, 0.3) is 0 Å². The van der Waals surface area contributed by atoms with Crippen LogP contribution in [-0.2, 0) is 6.54 Å². The van der Waals surface area contributed by atoms with E-state index in [0.717, 1.165) is 6.42 Å². The second-order valence-corrected chi connectivity index (χ2v) is 5.78. The van der Waals surface area contributed by atoms with Gasteiger partial charge < -0.3 is 5.11 Å². The van der Waals surface area contributed by atoms with Gasteiger partial charge in [-0.25, -0.2) is 14.3 Å². The van der Waals surface area contributed by atoms with E-state index in [9.17, 15) is 14.3 Å². The second-order valence-electron chi connectivity index (χ2n) is 4.79. The minimum absolute atomic E-state index is 0.244. The van der Waals surface area contributed by atoms with Crippen molar-refractivity contribution in [2.24, 2.45) is 0 Å². The van der Waals surface area contributed by atoms with Crippen molar-refractivity contribution in [2.75, 3.05) is 5.75 Å². The van der Waals surface area contributed by atoms with Gasteiger partial charge in [-0.05, 0) is 36.6 Å². The molecule has 0 aliphatic rings. The van der Waals surface area contributed by atoms with Gasteiger partial charge in [0.05, 0.1) is 6.10 Å². The van der Waals surface area contributed by atoms with Crippen LogP contribution in [0.2, 0.25) is 0 Å². The summed E-state index contributed by atoms with van der Waals surface area (Å²) in [5, 5.41) is 17.1. The number of rotatable bonds is 6. The second kappa shape index (κ2) is 6.91. The van der Waals surface area contributed by atoms with Crippen LogP contribution in [-0.4, -0.2) is 25.6 Å². The standard InChI is InChI=1S/C14H18FN3O2S/c1-3-6-18-13(20)16-17-14(18)21-8-12(19)11-5-4-10(15)7-9(11)2/h4-5,7,12,19H,3,6,8H2,1-2H3,(H,16,20). The highest BCUT2D eigenvalue weighted by molar-refractivity contribution is 7.99. The molecule has 7 heteroatoms. The Morgan fingerprint density at radius 3 is 2.95 bits per heavy atom. The Kier molecular flexibility index (Phi) is 5.19.